The highest BCUT2D eigenvalue weighted by atomic mass is 16.5. The maximum atomic E-state index is 12.9. The van der Waals surface area contributed by atoms with Gasteiger partial charge in [0.05, 0.1) is 31.9 Å². The van der Waals surface area contributed by atoms with Crippen molar-refractivity contribution >= 4 is 11.9 Å². The second-order valence-corrected chi connectivity index (χ2v) is 5.69. The molecule has 1 aromatic rings. The van der Waals surface area contributed by atoms with E-state index in [0.717, 1.165) is 6.42 Å². The van der Waals surface area contributed by atoms with E-state index >= 15 is 0 Å². The van der Waals surface area contributed by atoms with Crippen molar-refractivity contribution in [3.63, 3.8) is 0 Å². The number of morpholine rings is 1. The van der Waals surface area contributed by atoms with Gasteiger partial charge in [0.2, 0.25) is 0 Å². The summed E-state index contributed by atoms with van der Waals surface area (Å²) >= 11 is 0. The minimum Gasteiger partial charge on any atom is -0.497 e. The van der Waals surface area contributed by atoms with Crippen LogP contribution in [0.1, 0.15) is 30.6 Å². The Balaban J connectivity index is 2.25. The van der Waals surface area contributed by atoms with E-state index in [2.05, 4.69) is 0 Å². The summed E-state index contributed by atoms with van der Waals surface area (Å²) in [7, 11) is 1.54. The molecule has 2 atom stereocenters. The smallest absolute Gasteiger partial charge is 0.334 e. The number of benzene rings is 1. The molecule has 7 nitrogen and oxygen atoms in total. The summed E-state index contributed by atoms with van der Waals surface area (Å²) in [5.41, 5.74) is 0.391. The van der Waals surface area contributed by atoms with Gasteiger partial charge in [-0.1, -0.05) is 6.92 Å². The fourth-order valence-corrected chi connectivity index (χ4v) is 2.56. The quantitative estimate of drug-likeness (QED) is 0.852. The van der Waals surface area contributed by atoms with Crippen molar-refractivity contribution in [3.05, 3.63) is 23.8 Å². The molecule has 1 aliphatic heterocycles. The summed E-state index contributed by atoms with van der Waals surface area (Å²) in [6, 6.07) is 4.99. The second-order valence-electron chi connectivity index (χ2n) is 5.69. The van der Waals surface area contributed by atoms with Gasteiger partial charge in [-0.15, -0.1) is 0 Å². The minimum atomic E-state index is -1.07. The molecule has 1 aliphatic rings. The molecule has 0 aromatic heterocycles. The van der Waals surface area contributed by atoms with Gasteiger partial charge in [0.25, 0.3) is 5.91 Å². The zero-order chi connectivity index (χ0) is 17.7. The Morgan fingerprint density at radius 3 is 2.75 bits per heavy atom. The molecule has 1 fully saturated rings. The number of aliphatic carboxylic acids is 1. The van der Waals surface area contributed by atoms with Crippen LogP contribution in [-0.2, 0) is 9.53 Å². The average molecular weight is 337 g/mol. The third kappa shape index (κ3) is 4.17. The number of hydrogen-bond acceptors (Lipinski definition) is 5. The van der Waals surface area contributed by atoms with E-state index in [-0.39, 0.29) is 18.6 Å². The lowest BCUT2D eigenvalue weighted by Crippen LogP contribution is -2.51. The zero-order valence-corrected chi connectivity index (χ0v) is 14.2. The van der Waals surface area contributed by atoms with Gasteiger partial charge in [-0.3, -0.25) is 4.79 Å². The molecule has 0 radical (unpaired) electrons. The highest BCUT2D eigenvalue weighted by Crippen LogP contribution is 2.27. The number of nitrogens with zero attached hydrogens (tertiary/aromatic N) is 1. The molecule has 1 aromatic carbocycles. The predicted molar refractivity (Wildman–Crippen MR) is 86.7 cm³/mol. The Labute approximate surface area is 141 Å². The molecule has 1 saturated heterocycles. The molecule has 0 aliphatic carbocycles. The van der Waals surface area contributed by atoms with Crippen LogP contribution in [0.4, 0.5) is 0 Å². The van der Waals surface area contributed by atoms with Crippen molar-refractivity contribution < 1.29 is 28.9 Å². The standard InChI is InChI=1S/C17H23NO6/c1-4-7-23-14-8-12(22-3)5-6-13(14)16(19)18-9-11(2)24-15(10-18)17(20)21/h5-6,8,11,15H,4,7,9-10H2,1-3H3,(H,20,21)/t11-,15?/m1/s1. The van der Waals surface area contributed by atoms with Gasteiger partial charge >= 0.3 is 5.97 Å². The molecule has 1 N–H and O–H groups in total. The number of rotatable bonds is 6. The molecule has 24 heavy (non-hydrogen) atoms. The molecule has 0 spiro atoms. The lowest BCUT2D eigenvalue weighted by molar-refractivity contribution is -0.160. The van der Waals surface area contributed by atoms with Crippen LogP contribution in [0.3, 0.4) is 0 Å². The Morgan fingerprint density at radius 1 is 1.38 bits per heavy atom. The summed E-state index contributed by atoms with van der Waals surface area (Å²) in [5.74, 6) is -0.315. The molecule has 1 heterocycles. The average Bonchev–Trinajstić information content (AvgIpc) is 2.58. The van der Waals surface area contributed by atoms with Crippen molar-refractivity contribution in [2.24, 2.45) is 0 Å². The minimum absolute atomic E-state index is 0.0117. The molecule has 1 unspecified atom stereocenters. The molecule has 7 heteroatoms. The summed E-state index contributed by atoms with van der Waals surface area (Å²) < 4.78 is 16.2. The summed E-state index contributed by atoms with van der Waals surface area (Å²) in [4.78, 5) is 25.5. The highest BCUT2D eigenvalue weighted by Gasteiger charge is 2.33. The lowest BCUT2D eigenvalue weighted by atomic mass is 10.1. The number of ether oxygens (including phenoxy) is 3. The molecular weight excluding hydrogens is 314 g/mol. The summed E-state index contributed by atoms with van der Waals surface area (Å²) in [6.07, 6.45) is -0.557. The first-order chi connectivity index (χ1) is 11.5. The first kappa shape index (κ1) is 18.1. The van der Waals surface area contributed by atoms with E-state index in [1.807, 2.05) is 6.92 Å². The van der Waals surface area contributed by atoms with Crippen LogP contribution in [-0.4, -0.2) is 60.9 Å². The summed E-state index contributed by atoms with van der Waals surface area (Å²) in [5, 5.41) is 9.16. The van der Waals surface area contributed by atoms with Gasteiger partial charge in [0, 0.05) is 12.6 Å². The largest absolute Gasteiger partial charge is 0.497 e. The van der Waals surface area contributed by atoms with E-state index < -0.39 is 12.1 Å². The number of hydrogen-bond donors (Lipinski definition) is 1. The SMILES string of the molecule is CCCOc1cc(OC)ccc1C(=O)N1CC(C(=O)O)O[C@H](C)C1. The second kappa shape index (κ2) is 8.01. The first-order valence-electron chi connectivity index (χ1n) is 7.94. The van der Waals surface area contributed by atoms with Gasteiger partial charge in [-0.25, -0.2) is 4.79 Å². The van der Waals surface area contributed by atoms with Gasteiger partial charge in [0.1, 0.15) is 11.5 Å². The van der Waals surface area contributed by atoms with Crippen LogP contribution in [0.25, 0.3) is 0 Å². The van der Waals surface area contributed by atoms with Crippen molar-refractivity contribution in [1.29, 1.82) is 0 Å². The molecule has 2 rings (SSSR count). The van der Waals surface area contributed by atoms with Crippen LogP contribution in [0, 0.1) is 0 Å². The molecular formula is C17H23NO6. The van der Waals surface area contributed by atoms with Crippen molar-refractivity contribution in [2.45, 2.75) is 32.5 Å². The normalized spacial score (nSPS) is 20.5. The van der Waals surface area contributed by atoms with E-state index in [1.165, 1.54) is 4.90 Å². The molecule has 1 amide bonds. The maximum Gasteiger partial charge on any atom is 0.334 e. The van der Waals surface area contributed by atoms with E-state index in [4.69, 9.17) is 19.3 Å². The van der Waals surface area contributed by atoms with Gasteiger partial charge in [-0.05, 0) is 25.5 Å². The molecule has 0 saturated carbocycles. The predicted octanol–water partition coefficient (Wildman–Crippen LogP) is 1.80. The monoisotopic (exact) mass is 337 g/mol. The van der Waals surface area contributed by atoms with E-state index in [0.29, 0.717) is 30.2 Å². The van der Waals surface area contributed by atoms with Crippen LogP contribution >= 0.6 is 0 Å². The number of methoxy groups -OCH3 is 1. The molecule has 132 valence electrons. The highest BCUT2D eigenvalue weighted by molar-refractivity contribution is 5.97. The Bertz CT molecular complexity index is 603. The van der Waals surface area contributed by atoms with Gasteiger partial charge in [0.15, 0.2) is 6.10 Å². The Morgan fingerprint density at radius 2 is 2.12 bits per heavy atom. The van der Waals surface area contributed by atoms with E-state index in [1.54, 1.807) is 32.2 Å². The van der Waals surface area contributed by atoms with Crippen molar-refractivity contribution in [3.8, 4) is 11.5 Å². The lowest BCUT2D eigenvalue weighted by Gasteiger charge is -2.35. The van der Waals surface area contributed by atoms with Crippen molar-refractivity contribution in [1.82, 2.24) is 4.90 Å². The molecule has 0 bridgehead atoms. The van der Waals surface area contributed by atoms with Crippen LogP contribution in [0.5, 0.6) is 11.5 Å². The third-order valence-corrected chi connectivity index (χ3v) is 3.70. The summed E-state index contributed by atoms with van der Waals surface area (Å²) in [6.45, 7) is 4.55. The maximum absolute atomic E-state index is 12.9. The van der Waals surface area contributed by atoms with Crippen LogP contribution < -0.4 is 9.47 Å². The topological polar surface area (TPSA) is 85.3 Å². The third-order valence-electron chi connectivity index (χ3n) is 3.70. The van der Waals surface area contributed by atoms with E-state index in [9.17, 15) is 9.59 Å². The van der Waals surface area contributed by atoms with Crippen LogP contribution in [0.15, 0.2) is 18.2 Å². The Kier molecular flexibility index (Phi) is 6.03. The Hall–Kier alpha value is -2.28. The number of carbonyl (C=O) groups is 2. The van der Waals surface area contributed by atoms with Crippen LogP contribution in [0.2, 0.25) is 0 Å². The first-order valence-corrected chi connectivity index (χ1v) is 7.94. The number of carboxylic acid groups (broad SMARTS) is 1. The van der Waals surface area contributed by atoms with Gasteiger partial charge < -0.3 is 24.2 Å². The number of carbonyl (C=O) groups excluding carboxylic acids is 1. The van der Waals surface area contributed by atoms with Crippen molar-refractivity contribution in [2.75, 3.05) is 26.8 Å². The number of amides is 1. The van der Waals surface area contributed by atoms with Gasteiger partial charge in [-0.2, -0.15) is 0 Å². The number of carboxylic acids is 1. The fourth-order valence-electron chi connectivity index (χ4n) is 2.56. The zero-order valence-electron chi connectivity index (χ0n) is 14.2. The fraction of sp³-hybridized carbons (Fsp3) is 0.529.